The Morgan fingerprint density at radius 2 is 1.57 bits per heavy atom. The zero-order valence-corrected chi connectivity index (χ0v) is 12.5. The van der Waals surface area contributed by atoms with Gasteiger partial charge in [0.15, 0.2) is 0 Å². The Bertz CT molecular complexity index is 592. The van der Waals surface area contributed by atoms with Gasteiger partial charge in [0.2, 0.25) is 0 Å². The number of benzene rings is 2. The predicted molar refractivity (Wildman–Crippen MR) is 82.7 cm³/mol. The van der Waals surface area contributed by atoms with Gasteiger partial charge in [0.05, 0.1) is 7.11 Å². The number of aromatic hydroxyl groups is 2. The molecule has 0 radical (unpaired) electrons. The average Bonchev–Trinajstić information content (AvgIpc) is 2.46. The molecule has 0 saturated heterocycles. The van der Waals surface area contributed by atoms with Gasteiger partial charge in [-0.05, 0) is 37.6 Å². The van der Waals surface area contributed by atoms with Crippen molar-refractivity contribution in [1.29, 1.82) is 0 Å². The molecule has 0 aromatic heterocycles. The minimum absolute atomic E-state index is 0.0251. The number of phenols is 2. The molecule has 0 spiro atoms. The summed E-state index contributed by atoms with van der Waals surface area (Å²) < 4.78 is 5.37. The highest BCUT2D eigenvalue weighted by molar-refractivity contribution is 5.39. The molecule has 21 heavy (non-hydrogen) atoms. The summed E-state index contributed by atoms with van der Waals surface area (Å²) in [5, 5.41) is 22.6. The number of hydrogen-bond acceptors (Lipinski definition) is 4. The molecule has 4 nitrogen and oxygen atoms in total. The molecule has 0 amide bonds. The SMILES string of the molecule is COc1ccccc1[C@H](C)NC(C)c1cc(O)cc(O)c1. The van der Waals surface area contributed by atoms with Gasteiger partial charge in [-0.15, -0.1) is 0 Å². The fourth-order valence-corrected chi connectivity index (χ4v) is 2.45. The minimum atomic E-state index is -0.0251. The Balaban J connectivity index is 2.16. The third-order valence-corrected chi connectivity index (χ3v) is 3.53. The van der Waals surface area contributed by atoms with Crippen molar-refractivity contribution in [2.45, 2.75) is 25.9 Å². The number of hydrogen-bond donors (Lipinski definition) is 3. The molecule has 2 rings (SSSR count). The minimum Gasteiger partial charge on any atom is -0.508 e. The second kappa shape index (κ2) is 6.50. The lowest BCUT2D eigenvalue weighted by molar-refractivity contribution is 0.396. The summed E-state index contributed by atoms with van der Waals surface area (Å²) in [5.74, 6) is 0.954. The van der Waals surface area contributed by atoms with Crippen LogP contribution in [0.5, 0.6) is 17.2 Å². The largest absolute Gasteiger partial charge is 0.508 e. The molecule has 0 heterocycles. The van der Waals surface area contributed by atoms with Gasteiger partial charge in [-0.25, -0.2) is 0 Å². The summed E-state index contributed by atoms with van der Waals surface area (Å²) in [6, 6.07) is 12.5. The van der Waals surface area contributed by atoms with Crippen LogP contribution in [-0.2, 0) is 0 Å². The van der Waals surface area contributed by atoms with Crippen molar-refractivity contribution in [3.05, 3.63) is 53.6 Å². The quantitative estimate of drug-likeness (QED) is 0.787. The lowest BCUT2D eigenvalue weighted by Gasteiger charge is -2.22. The molecule has 2 atom stereocenters. The van der Waals surface area contributed by atoms with E-state index in [0.717, 1.165) is 16.9 Å². The van der Waals surface area contributed by atoms with Gasteiger partial charge in [0, 0.05) is 23.7 Å². The standard InChI is InChI=1S/C17H21NO3/c1-11(13-8-14(19)10-15(20)9-13)18-12(2)16-6-4-5-7-17(16)21-3/h4-12,18-20H,1-3H3/t11?,12-/m0/s1. The molecule has 0 saturated carbocycles. The van der Waals surface area contributed by atoms with Gasteiger partial charge < -0.3 is 20.3 Å². The summed E-state index contributed by atoms with van der Waals surface area (Å²) in [6.45, 7) is 4.04. The van der Waals surface area contributed by atoms with E-state index in [0.29, 0.717) is 0 Å². The molecule has 0 aliphatic carbocycles. The molecule has 2 aromatic rings. The topological polar surface area (TPSA) is 61.7 Å². The third kappa shape index (κ3) is 3.67. The van der Waals surface area contributed by atoms with Crippen LogP contribution in [0.4, 0.5) is 0 Å². The normalized spacial score (nSPS) is 13.7. The van der Waals surface area contributed by atoms with Crippen molar-refractivity contribution < 1.29 is 14.9 Å². The van der Waals surface area contributed by atoms with Crippen LogP contribution in [0, 0.1) is 0 Å². The van der Waals surface area contributed by atoms with E-state index in [1.807, 2.05) is 31.2 Å². The number of phenolic OH excluding ortho intramolecular Hbond substituents is 2. The monoisotopic (exact) mass is 287 g/mol. The van der Waals surface area contributed by atoms with Crippen molar-refractivity contribution in [2.75, 3.05) is 7.11 Å². The van der Waals surface area contributed by atoms with Crippen molar-refractivity contribution >= 4 is 0 Å². The third-order valence-electron chi connectivity index (χ3n) is 3.53. The van der Waals surface area contributed by atoms with E-state index < -0.39 is 0 Å². The fourth-order valence-electron chi connectivity index (χ4n) is 2.45. The molecular formula is C17H21NO3. The maximum atomic E-state index is 9.57. The highest BCUT2D eigenvalue weighted by Crippen LogP contribution is 2.29. The van der Waals surface area contributed by atoms with Crippen LogP contribution in [-0.4, -0.2) is 17.3 Å². The lowest BCUT2D eigenvalue weighted by atomic mass is 10.0. The smallest absolute Gasteiger partial charge is 0.123 e. The Labute approximate surface area is 125 Å². The van der Waals surface area contributed by atoms with Crippen LogP contribution < -0.4 is 10.1 Å². The van der Waals surface area contributed by atoms with Crippen LogP contribution in [0.15, 0.2) is 42.5 Å². The number of methoxy groups -OCH3 is 1. The van der Waals surface area contributed by atoms with Gasteiger partial charge in [-0.1, -0.05) is 18.2 Å². The van der Waals surface area contributed by atoms with E-state index in [9.17, 15) is 10.2 Å². The van der Waals surface area contributed by atoms with Gasteiger partial charge in [-0.2, -0.15) is 0 Å². The number of ether oxygens (including phenoxy) is 1. The van der Waals surface area contributed by atoms with Crippen LogP contribution in [0.1, 0.15) is 37.1 Å². The highest BCUT2D eigenvalue weighted by Gasteiger charge is 2.15. The molecule has 4 heteroatoms. The summed E-state index contributed by atoms with van der Waals surface area (Å²) >= 11 is 0. The van der Waals surface area contributed by atoms with Crippen molar-refractivity contribution in [3.8, 4) is 17.2 Å². The van der Waals surface area contributed by atoms with Gasteiger partial charge >= 0.3 is 0 Å². The highest BCUT2D eigenvalue weighted by atomic mass is 16.5. The molecule has 0 aliphatic rings. The first-order valence-corrected chi connectivity index (χ1v) is 6.93. The van der Waals surface area contributed by atoms with E-state index >= 15 is 0 Å². The second-order valence-electron chi connectivity index (χ2n) is 5.13. The van der Waals surface area contributed by atoms with E-state index in [4.69, 9.17) is 4.74 Å². The number of rotatable bonds is 5. The molecule has 1 unspecified atom stereocenters. The summed E-state index contributed by atoms with van der Waals surface area (Å²) in [4.78, 5) is 0. The van der Waals surface area contributed by atoms with Crippen LogP contribution in [0.2, 0.25) is 0 Å². The summed E-state index contributed by atoms with van der Waals surface area (Å²) in [7, 11) is 1.66. The van der Waals surface area contributed by atoms with E-state index in [2.05, 4.69) is 12.2 Å². The first-order chi connectivity index (χ1) is 10.0. The Kier molecular flexibility index (Phi) is 4.70. The molecule has 0 aliphatic heterocycles. The van der Waals surface area contributed by atoms with Gasteiger partial charge in [-0.3, -0.25) is 0 Å². The molecule has 3 N–H and O–H groups in total. The molecule has 0 fully saturated rings. The fraction of sp³-hybridized carbons (Fsp3) is 0.294. The predicted octanol–water partition coefficient (Wildman–Crippen LogP) is 3.52. The Hall–Kier alpha value is -2.20. The first kappa shape index (κ1) is 15.2. The van der Waals surface area contributed by atoms with Gasteiger partial charge in [0.25, 0.3) is 0 Å². The van der Waals surface area contributed by atoms with Gasteiger partial charge in [0.1, 0.15) is 17.2 Å². The van der Waals surface area contributed by atoms with Crippen LogP contribution >= 0.6 is 0 Å². The summed E-state index contributed by atoms with van der Waals surface area (Å²) in [5.41, 5.74) is 1.89. The number of nitrogens with one attached hydrogen (secondary N) is 1. The van der Waals surface area contributed by atoms with Crippen LogP contribution in [0.25, 0.3) is 0 Å². The zero-order chi connectivity index (χ0) is 15.4. The van der Waals surface area contributed by atoms with Crippen molar-refractivity contribution in [3.63, 3.8) is 0 Å². The Morgan fingerprint density at radius 1 is 0.952 bits per heavy atom. The molecular weight excluding hydrogens is 266 g/mol. The molecule has 112 valence electrons. The molecule has 0 bridgehead atoms. The van der Waals surface area contributed by atoms with E-state index in [-0.39, 0.29) is 23.6 Å². The maximum Gasteiger partial charge on any atom is 0.123 e. The van der Waals surface area contributed by atoms with E-state index in [1.165, 1.54) is 6.07 Å². The van der Waals surface area contributed by atoms with Crippen LogP contribution in [0.3, 0.4) is 0 Å². The summed E-state index contributed by atoms with van der Waals surface area (Å²) in [6.07, 6.45) is 0. The first-order valence-electron chi connectivity index (χ1n) is 6.93. The Morgan fingerprint density at radius 3 is 2.19 bits per heavy atom. The lowest BCUT2D eigenvalue weighted by Crippen LogP contribution is -2.22. The average molecular weight is 287 g/mol. The van der Waals surface area contributed by atoms with Crippen molar-refractivity contribution in [2.24, 2.45) is 0 Å². The maximum absolute atomic E-state index is 9.57. The zero-order valence-electron chi connectivity index (χ0n) is 12.5. The number of para-hydroxylation sites is 1. The molecule has 2 aromatic carbocycles. The second-order valence-corrected chi connectivity index (χ2v) is 5.13. The van der Waals surface area contributed by atoms with E-state index in [1.54, 1.807) is 19.2 Å². The van der Waals surface area contributed by atoms with Crippen molar-refractivity contribution in [1.82, 2.24) is 5.32 Å².